The quantitative estimate of drug-likeness (QED) is 0.858. The Hall–Kier alpha value is -1.41. The number of nitrogens with one attached hydrogen (secondary N) is 1. The molecule has 1 spiro atoms. The maximum Gasteiger partial charge on any atom is 0.271 e. The molecule has 7 nitrogen and oxygen atoms in total. The smallest absolute Gasteiger partial charge is 0.271 e. The Labute approximate surface area is 124 Å². The number of aromatic nitrogens is 2. The Bertz CT molecular complexity index is 628. The number of amides is 1. The molecule has 1 atom stereocenters. The third-order valence-electron chi connectivity index (χ3n) is 4.51. The number of rotatable bonds is 2. The third kappa shape index (κ3) is 2.57. The van der Waals surface area contributed by atoms with E-state index in [-0.39, 0.29) is 5.91 Å². The first-order chi connectivity index (χ1) is 9.92. The predicted molar refractivity (Wildman–Crippen MR) is 77.2 cm³/mol. The summed E-state index contributed by atoms with van der Waals surface area (Å²) < 4.78 is 25.6. The van der Waals surface area contributed by atoms with Crippen LogP contribution in [0.1, 0.15) is 36.2 Å². The van der Waals surface area contributed by atoms with Gasteiger partial charge >= 0.3 is 0 Å². The summed E-state index contributed by atoms with van der Waals surface area (Å²) in [6.45, 7) is 1.69. The first kappa shape index (κ1) is 14.5. The highest BCUT2D eigenvalue weighted by molar-refractivity contribution is 7.88. The number of hydrogen-bond donors (Lipinski definition) is 1. The fourth-order valence-electron chi connectivity index (χ4n) is 3.67. The average molecular weight is 312 g/mol. The molecule has 2 fully saturated rings. The summed E-state index contributed by atoms with van der Waals surface area (Å²) in [7, 11) is -3.24. The molecule has 0 aromatic carbocycles. The molecule has 1 aromatic heterocycles. The molecule has 0 bridgehead atoms. The van der Waals surface area contributed by atoms with Crippen LogP contribution >= 0.6 is 0 Å². The second-order valence-corrected chi connectivity index (χ2v) is 7.87. The molecule has 0 unspecified atom stereocenters. The molecular weight excluding hydrogens is 292 g/mol. The standard InChI is InChI=1S/C13H20N4O3S/c1-21(19,20)17-9-3-6-13(17)5-2-8-16(10-13)12(18)11-4-7-14-15-11/h4,7H,2-3,5-6,8-10H2,1H3,(H,14,15)/t13-/m0/s1. The van der Waals surface area contributed by atoms with Gasteiger partial charge in [0.1, 0.15) is 5.69 Å². The molecule has 2 saturated heterocycles. The monoisotopic (exact) mass is 312 g/mol. The van der Waals surface area contributed by atoms with E-state index in [1.165, 1.54) is 6.26 Å². The molecule has 1 N–H and O–H groups in total. The zero-order valence-corrected chi connectivity index (χ0v) is 12.9. The number of carbonyl (C=O) groups excluding carboxylic acids is 1. The van der Waals surface area contributed by atoms with Gasteiger partial charge in [-0.1, -0.05) is 0 Å². The van der Waals surface area contributed by atoms with Crippen LogP contribution in [0, 0.1) is 0 Å². The average Bonchev–Trinajstić information content (AvgIpc) is 3.07. The number of hydrogen-bond acceptors (Lipinski definition) is 4. The van der Waals surface area contributed by atoms with Gasteiger partial charge in [0.25, 0.3) is 5.91 Å². The molecule has 0 aliphatic carbocycles. The lowest BCUT2D eigenvalue weighted by Gasteiger charge is -2.44. The number of nitrogens with zero attached hydrogens (tertiary/aromatic N) is 3. The number of aromatic amines is 1. The van der Waals surface area contributed by atoms with Crippen LogP contribution in [0.4, 0.5) is 0 Å². The SMILES string of the molecule is CS(=O)(=O)N1CCC[C@]12CCCN(C(=O)c1ccn[nH]1)C2. The van der Waals surface area contributed by atoms with E-state index >= 15 is 0 Å². The van der Waals surface area contributed by atoms with Crippen LogP contribution in [-0.2, 0) is 10.0 Å². The molecule has 1 aromatic rings. The Kier molecular flexibility index (Phi) is 3.53. The highest BCUT2D eigenvalue weighted by atomic mass is 32.2. The number of piperidine rings is 1. The van der Waals surface area contributed by atoms with Crippen molar-refractivity contribution in [1.29, 1.82) is 0 Å². The largest absolute Gasteiger partial charge is 0.335 e. The van der Waals surface area contributed by atoms with E-state index in [1.807, 2.05) is 0 Å². The van der Waals surface area contributed by atoms with E-state index < -0.39 is 15.6 Å². The van der Waals surface area contributed by atoms with E-state index in [0.29, 0.717) is 25.3 Å². The first-order valence-corrected chi connectivity index (χ1v) is 9.04. The highest BCUT2D eigenvalue weighted by Crippen LogP contribution is 2.39. The van der Waals surface area contributed by atoms with Gasteiger partial charge in [0.05, 0.1) is 11.8 Å². The lowest BCUT2D eigenvalue weighted by atomic mass is 9.87. The van der Waals surface area contributed by atoms with Crippen LogP contribution in [-0.4, -0.2) is 65.2 Å². The van der Waals surface area contributed by atoms with Crippen molar-refractivity contribution in [3.63, 3.8) is 0 Å². The summed E-state index contributed by atoms with van der Waals surface area (Å²) in [6.07, 6.45) is 6.14. The van der Waals surface area contributed by atoms with Gasteiger partial charge in [0.2, 0.25) is 10.0 Å². The van der Waals surface area contributed by atoms with Crippen LogP contribution in [0.2, 0.25) is 0 Å². The van der Waals surface area contributed by atoms with Crippen molar-refractivity contribution in [1.82, 2.24) is 19.4 Å². The van der Waals surface area contributed by atoms with E-state index in [1.54, 1.807) is 21.5 Å². The predicted octanol–water partition coefficient (Wildman–Crippen LogP) is 0.440. The number of sulfonamides is 1. The van der Waals surface area contributed by atoms with Crippen molar-refractivity contribution in [2.75, 3.05) is 25.9 Å². The first-order valence-electron chi connectivity index (χ1n) is 7.19. The second kappa shape index (κ2) is 5.10. The molecule has 2 aliphatic rings. The molecule has 2 aliphatic heterocycles. The van der Waals surface area contributed by atoms with Gasteiger partial charge < -0.3 is 4.90 Å². The van der Waals surface area contributed by atoms with Gasteiger partial charge in [-0.3, -0.25) is 9.89 Å². The number of likely N-dealkylation sites (tertiary alicyclic amines) is 1. The van der Waals surface area contributed by atoms with Gasteiger partial charge in [0.15, 0.2) is 0 Å². The normalized spacial score (nSPS) is 27.4. The van der Waals surface area contributed by atoms with Crippen molar-refractivity contribution in [3.05, 3.63) is 18.0 Å². The maximum absolute atomic E-state index is 12.4. The van der Waals surface area contributed by atoms with Crippen molar-refractivity contribution in [2.24, 2.45) is 0 Å². The fraction of sp³-hybridized carbons (Fsp3) is 0.692. The van der Waals surface area contributed by atoms with Crippen LogP contribution in [0.5, 0.6) is 0 Å². The third-order valence-corrected chi connectivity index (χ3v) is 5.88. The topological polar surface area (TPSA) is 86.4 Å². The van der Waals surface area contributed by atoms with Crippen LogP contribution in [0.3, 0.4) is 0 Å². The zero-order chi connectivity index (χ0) is 15.1. The second-order valence-electron chi connectivity index (χ2n) is 5.96. The minimum atomic E-state index is -3.24. The molecule has 116 valence electrons. The van der Waals surface area contributed by atoms with Crippen LogP contribution in [0.25, 0.3) is 0 Å². The fourth-order valence-corrected chi connectivity index (χ4v) is 5.07. The Morgan fingerprint density at radius 3 is 2.67 bits per heavy atom. The summed E-state index contributed by atoms with van der Waals surface area (Å²) in [5.41, 5.74) is 0.0394. The van der Waals surface area contributed by atoms with Crippen molar-refractivity contribution < 1.29 is 13.2 Å². The van der Waals surface area contributed by atoms with Gasteiger partial charge in [-0.25, -0.2) is 8.42 Å². The van der Waals surface area contributed by atoms with E-state index in [4.69, 9.17) is 0 Å². The van der Waals surface area contributed by atoms with Crippen molar-refractivity contribution >= 4 is 15.9 Å². The Morgan fingerprint density at radius 1 is 1.33 bits per heavy atom. The molecule has 3 rings (SSSR count). The molecule has 8 heteroatoms. The molecule has 1 amide bonds. The van der Waals surface area contributed by atoms with Gasteiger partial charge in [-0.2, -0.15) is 9.40 Å². The summed E-state index contributed by atoms with van der Waals surface area (Å²) in [4.78, 5) is 14.2. The van der Waals surface area contributed by atoms with Gasteiger partial charge in [-0.05, 0) is 31.7 Å². The molecule has 21 heavy (non-hydrogen) atoms. The molecular formula is C13H20N4O3S. The van der Waals surface area contributed by atoms with E-state index in [9.17, 15) is 13.2 Å². The number of H-pyrrole nitrogens is 1. The lowest BCUT2D eigenvalue weighted by molar-refractivity contribution is 0.0519. The zero-order valence-electron chi connectivity index (χ0n) is 12.1. The molecule has 0 radical (unpaired) electrons. The van der Waals surface area contributed by atoms with E-state index in [2.05, 4.69) is 10.2 Å². The highest BCUT2D eigenvalue weighted by Gasteiger charge is 2.48. The minimum absolute atomic E-state index is 0.105. The van der Waals surface area contributed by atoms with Crippen LogP contribution < -0.4 is 0 Å². The summed E-state index contributed by atoms with van der Waals surface area (Å²) in [5, 5.41) is 6.48. The summed E-state index contributed by atoms with van der Waals surface area (Å²) >= 11 is 0. The van der Waals surface area contributed by atoms with E-state index in [0.717, 1.165) is 25.7 Å². The molecule has 3 heterocycles. The Morgan fingerprint density at radius 2 is 2.05 bits per heavy atom. The summed E-state index contributed by atoms with van der Waals surface area (Å²) in [6, 6.07) is 1.65. The molecule has 0 saturated carbocycles. The van der Waals surface area contributed by atoms with Crippen LogP contribution in [0.15, 0.2) is 12.3 Å². The lowest BCUT2D eigenvalue weighted by Crippen LogP contribution is -2.58. The maximum atomic E-state index is 12.4. The summed E-state index contributed by atoms with van der Waals surface area (Å²) in [5.74, 6) is -0.105. The van der Waals surface area contributed by atoms with Crippen molar-refractivity contribution in [3.8, 4) is 0 Å². The van der Waals surface area contributed by atoms with Crippen molar-refractivity contribution in [2.45, 2.75) is 31.2 Å². The minimum Gasteiger partial charge on any atom is -0.335 e. The van der Waals surface area contributed by atoms with Gasteiger partial charge in [-0.15, -0.1) is 0 Å². The number of carbonyl (C=O) groups is 1. The van der Waals surface area contributed by atoms with Gasteiger partial charge in [0, 0.05) is 25.8 Å². The Balaban J connectivity index is 1.84.